The summed E-state index contributed by atoms with van der Waals surface area (Å²) in [5.41, 5.74) is 0.943. The number of furan rings is 1. The predicted octanol–water partition coefficient (Wildman–Crippen LogP) is 3.15. The molecule has 1 saturated heterocycles. The van der Waals surface area contributed by atoms with Crippen molar-refractivity contribution in [1.82, 2.24) is 25.1 Å². The van der Waals surface area contributed by atoms with Gasteiger partial charge in [0.15, 0.2) is 5.82 Å². The highest BCUT2D eigenvalue weighted by molar-refractivity contribution is 5.52. The molecule has 0 aliphatic carbocycles. The van der Waals surface area contributed by atoms with Crippen LogP contribution >= 0.6 is 0 Å². The van der Waals surface area contributed by atoms with Gasteiger partial charge in [0.05, 0.1) is 6.54 Å². The third kappa shape index (κ3) is 3.23. The van der Waals surface area contributed by atoms with E-state index in [-0.39, 0.29) is 0 Å². The zero-order valence-electron chi connectivity index (χ0n) is 13.8. The third-order valence-corrected chi connectivity index (χ3v) is 4.49. The second-order valence-electron chi connectivity index (χ2n) is 6.37. The number of aryl methyl sites for hydroxylation is 1. The molecule has 4 heterocycles. The molecule has 0 amide bonds. The molecule has 4 rings (SSSR count). The van der Waals surface area contributed by atoms with Gasteiger partial charge in [-0.3, -0.25) is 15.0 Å². The number of likely N-dealkylation sites (tertiary alicyclic amines) is 1. The molecular formula is C18H21N5O. The second kappa shape index (κ2) is 6.57. The maximum absolute atomic E-state index is 5.70. The van der Waals surface area contributed by atoms with E-state index in [4.69, 9.17) is 9.40 Å². The van der Waals surface area contributed by atoms with Gasteiger partial charge in [-0.2, -0.15) is 5.10 Å². The van der Waals surface area contributed by atoms with Crippen molar-refractivity contribution in [3.05, 3.63) is 54.0 Å². The fraction of sp³-hybridized carbons (Fsp3) is 0.389. The lowest BCUT2D eigenvalue weighted by atomic mass is 9.97. The Labute approximate surface area is 140 Å². The summed E-state index contributed by atoms with van der Waals surface area (Å²) >= 11 is 0. The van der Waals surface area contributed by atoms with Gasteiger partial charge in [0, 0.05) is 30.4 Å². The number of nitrogens with zero attached hydrogens (tertiary/aromatic N) is 4. The molecule has 1 atom stereocenters. The van der Waals surface area contributed by atoms with Gasteiger partial charge >= 0.3 is 0 Å². The van der Waals surface area contributed by atoms with Gasteiger partial charge in [0.25, 0.3) is 0 Å². The van der Waals surface area contributed by atoms with Crippen LogP contribution < -0.4 is 0 Å². The van der Waals surface area contributed by atoms with Crippen LogP contribution in [0.2, 0.25) is 0 Å². The van der Waals surface area contributed by atoms with E-state index in [0.717, 1.165) is 61.2 Å². The van der Waals surface area contributed by atoms with E-state index in [9.17, 15) is 0 Å². The predicted molar refractivity (Wildman–Crippen MR) is 90.3 cm³/mol. The highest BCUT2D eigenvalue weighted by Crippen LogP contribution is 2.27. The monoisotopic (exact) mass is 323 g/mol. The summed E-state index contributed by atoms with van der Waals surface area (Å²) < 4.78 is 5.70. The number of hydrogen-bond donors (Lipinski definition) is 1. The van der Waals surface area contributed by atoms with Crippen molar-refractivity contribution in [2.45, 2.75) is 32.2 Å². The van der Waals surface area contributed by atoms with E-state index in [1.165, 1.54) is 0 Å². The Morgan fingerprint density at radius 3 is 3.08 bits per heavy atom. The number of pyridine rings is 1. The van der Waals surface area contributed by atoms with Crippen LogP contribution in [0.25, 0.3) is 11.4 Å². The molecule has 1 unspecified atom stereocenters. The summed E-state index contributed by atoms with van der Waals surface area (Å²) in [6.45, 7) is 4.91. The Bertz CT molecular complexity index is 795. The normalized spacial score (nSPS) is 18.8. The molecule has 1 N–H and O–H groups in total. The van der Waals surface area contributed by atoms with Crippen molar-refractivity contribution >= 4 is 0 Å². The first-order chi connectivity index (χ1) is 11.8. The zero-order valence-corrected chi connectivity index (χ0v) is 13.8. The summed E-state index contributed by atoms with van der Waals surface area (Å²) in [6.07, 6.45) is 5.84. The highest BCUT2D eigenvalue weighted by atomic mass is 16.3. The summed E-state index contributed by atoms with van der Waals surface area (Å²) in [7, 11) is 0. The molecule has 0 spiro atoms. The number of aromatic amines is 1. The van der Waals surface area contributed by atoms with E-state index < -0.39 is 0 Å². The van der Waals surface area contributed by atoms with Gasteiger partial charge in [-0.1, -0.05) is 0 Å². The van der Waals surface area contributed by atoms with Crippen molar-refractivity contribution in [3.8, 4) is 11.4 Å². The van der Waals surface area contributed by atoms with Crippen molar-refractivity contribution in [2.75, 3.05) is 13.1 Å². The molecule has 6 nitrogen and oxygen atoms in total. The van der Waals surface area contributed by atoms with E-state index in [1.54, 1.807) is 12.4 Å². The number of aromatic nitrogens is 4. The summed E-state index contributed by atoms with van der Waals surface area (Å²) in [5, 5.41) is 7.48. The molecule has 0 radical (unpaired) electrons. The van der Waals surface area contributed by atoms with E-state index >= 15 is 0 Å². The standard InChI is InChI=1S/C18H21N5O/c1-13-6-7-16(24-13)12-23-9-3-5-15(11-23)18-20-17(21-22-18)14-4-2-8-19-10-14/h2,4,6-8,10,15H,3,5,9,11-12H2,1H3,(H,20,21,22). The van der Waals surface area contributed by atoms with Crippen LogP contribution in [0.1, 0.15) is 36.1 Å². The summed E-state index contributed by atoms with van der Waals surface area (Å²) in [4.78, 5) is 11.3. The Morgan fingerprint density at radius 1 is 1.33 bits per heavy atom. The van der Waals surface area contributed by atoms with Gasteiger partial charge in [0.2, 0.25) is 0 Å². The molecule has 24 heavy (non-hydrogen) atoms. The van der Waals surface area contributed by atoms with Gasteiger partial charge in [-0.05, 0) is 50.6 Å². The van der Waals surface area contributed by atoms with Crippen LogP contribution in [0.3, 0.4) is 0 Å². The van der Waals surface area contributed by atoms with Gasteiger partial charge in [-0.25, -0.2) is 4.98 Å². The minimum absolute atomic E-state index is 0.382. The van der Waals surface area contributed by atoms with E-state index in [1.807, 2.05) is 25.1 Å². The highest BCUT2D eigenvalue weighted by Gasteiger charge is 2.25. The van der Waals surface area contributed by atoms with E-state index in [0.29, 0.717) is 5.92 Å². The molecule has 3 aromatic rings. The summed E-state index contributed by atoms with van der Waals surface area (Å²) in [5.74, 6) is 4.07. The fourth-order valence-corrected chi connectivity index (χ4v) is 3.29. The smallest absolute Gasteiger partial charge is 0.182 e. The van der Waals surface area contributed by atoms with Crippen LogP contribution in [0.4, 0.5) is 0 Å². The SMILES string of the molecule is Cc1ccc(CN2CCCC(c3nc(-c4cccnc4)n[nH]3)C2)o1. The van der Waals surface area contributed by atoms with Crippen LogP contribution in [0.15, 0.2) is 41.1 Å². The van der Waals surface area contributed by atoms with E-state index in [2.05, 4.69) is 26.1 Å². The Kier molecular flexibility index (Phi) is 4.13. The Hall–Kier alpha value is -2.47. The Morgan fingerprint density at radius 2 is 2.29 bits per heavy atom. The minimum Gasteiger partial charge on any atom is -0.465 e. The molecule has 6 heteroatoms. The molecule has 3 aromatic heterocycles. The average Bonchev–Trinajstić information content (AvgIpc) is 3.25. The number of piperidine rings is 1. The molecule has 1 aliphatic rings. The quantitative estimate of drug-likeness (QED) is 0.798. The number of rotatable bonds is 4. The fourth-order valence-electron chi connectivity index (χ4n) is 3.29. The number of nitrogens with one attached hydrogen (secondary N) is 1. The lowest BCUT2D eigenvalue weighted by Crippen LogP contribution is -2.34. The van der Waals surface area contributed by atoms with Crippen molar-refractivity contribution in [1.29, 1.82) is 0 Å². The van der Waals surface area contributed by atoms with Gasteiger partial charge in [0.1, 0.15) is 17.3 Å². The second-order valence-corrected chi connectivity index (χ2v) is 6.37. The number of H-pyrrole nitrogens is 1. The van der Waals surface area contributed by atoms with Crippen molar-refractivity contribution < 1.29 is 4.42 Å². The lowest BCUT2D eigenvalue weighted by Gasteiger charge is -2.30. The van der Waals surface area contributed by atoms with Crippen LogP contribution in [0.5, 0.6) is 0 Å². The molecule has 0 saturated carbocycles. The molecule has 1 fully saturated rings. The van der Waals surface area contributed by atoms with Crippen LogP contribution in [0, 0.1) is 6.92 Å². The molecular weight excluding hydrogens is 302 g/mol. The maximum Gasteiger partial charge on any atom is 0.182 e. The van der Waals surface area contributed by atoms with Crippen molar-refractivity contribution in [2.24, 2.45) is 0 Å². The van der Waals surface area contributed by atoms with Gasteiger partial charge < -0.3 is 4.42 Å². The van der Waals surface area contributed by atoms with Crippen LogP contribution in [-0.4, -0.2) is 38.2 Å². The zero-order chi connectivity index (χ0) is 16.4. The third-order valence-electron chi connectivity index (χ3n) is 4.49. The molecule has 1 aliphatic heterocycles. The molecule has 0 bridgehead atoms. The number of hydrogen-bond acceptors (Lipinski definition) is 5. The summed E-state index contributed by atoms with van der Waals surface area (Å²) in [6, 6.07) is 7.96. The Balaban J connectivity index is 1.45. The van der Waals surface area contributed by atoms with Crippen molar-refractivity contribution in [3.63, 3.8) is 0 Å². The average molecular weight is 323 g/mol. The van der Waals surface area contributed by atoms with Crippen LogP contribution in [-0.2, 0) is 6.54 Å². The first-order valence-corrected chi connectivity index (χ1v) is 8.38. The first-order valence-electron chi connectivity index (χ1n) is 8.38. The topological polar surface area (TPSA) is 70.8 Å². The first kappa shape index (κ1) is 15.1. The molecule has 124 valence electrons. The lowest BCUT2D eigenvalue weighted by molar-refractivity contribution is 0.183. The maximum atomic E-state index is 5.70. The minimum atomic E-state index is 0.382. The molecule has 0 aromatic carbocycles. The van der Waals surface area contributed by atoms with Gasteiger partial charge in [-0.15, -0.1) is 0 Å². The largest absolute Gasteiger partial charge is 0.465 e.